The molecule has 3 aromatic rings. The molecule has 0 aliphatic rings. The lowest BCUT2D eigenvalue weighted by Gasteiger charge is -2.01. The van der Waals surface area contributed by atoms with Gasteiger partial charge in [0.1, 0.15) is 0 Å². The number of fused-ring (bicyclic) bond motifs is 1. The third-order valence-corrected chi connectivity index (χ3v) is 2.94. The highest BCUT2D eigenvalue weighted by atomic mass is 14.6. The molecule has 1 heteroatoms. The van der Waals surface area contributed by atoms with Crippen molar-refractivity contribution in [3.63, 3.8) is 0 Å². The van der Waals surface area contributed by atoms with Gasteiger partial charge in [0.2, 0.25) is 0 Å². The van der Waals surface area contributed by atoms with Crippen LogP contribution < -0.4 is 0 Å². The highest BCUT2D eigenvalue weighted by molar-refractivity contribution is 5.92. The molecular formula is C17H13N. The van der Waals surface area contributed by atoms with Crippen LogP contribution in [0.1, 0.15) is 11.3 Å². The molecule has 0 N–H and O–H groups in total. The molecule has 0 atom stereocenters. The molecule has 0 saturated carbocycles. The molecule has 1 aromatic heterocycles. The zero-order chi connectivity index (χ0) is 12.2. The predicted octanol–water partition coefficient (Wildman–Crippen LogP) is 4.41. The third kappa shape index (κ3) is 2.16. The van der Waals surface area contributed by atoms with Crippen molar-refractivity contribution in [1.82, 2.24) is 4.98 Å². The first-order chi connectivity index (χ1) is 8.93. The first-order valence-corrected chi connectivity index (χ1v) is 6.00. The van der Waals surface area contributed by atoms with Gasteiger partial charge in [0, 0.05) is 6.20 Å². The van der Waals surface area contributed by atoms with Crippen LogP contribution >= 0.6 is 0 Å². The van der Waals surface area contributed by atoms with Gasteiger partial charge in [0.15, 0.2) is 0 Å². The Balaban J connectivity index is 2.03. The SMILES string of the molecule is C(=Cc1cccc2ccccc12)c1ccccn1. The van der Waals surface area contributed by atoms with E-state index < -0.39 is 0 Å². The minimum absolute atomic E-state index is 0.977. The molecule has 0 radical (unpaired) electrons. The Bertz CT molecular complexity index is 679. The normalized spacial score (nSPS) is 11.1. The number of hydrogen-bond donors (Lipinski definition) is 0. The van der Waals surface area contributed by atoms with Crippen LogP contribution in [0.15, 0.2) is 66.9 Å². The van der Waals surface area contributed by atoms with Crippen molar-refractivity contribution in [2.24, 2.45) is 0 Å². The molecule has 0 fully saturated rings. The topological polar surface area (TPSA) is 12.9 Å². The van der Waals surface area contributed by atoms with Crippen molar-refractivity contribution in [2.75, 3.05) is 0 Å². The lowest BCUT2D eigenvalue weighted by atomic mass is 10.0. The quantitative estimate of drug-likeness (QED) is 0.636. The summed E-state index contributed by atoms with van der Waals surface area (Å²) in [4.78, 5) is 4.29. The van der Waals surface area contributed by atoms with E-state index in [1.807, 2.05) is 30.5 Å². The Hall–Kier alpha value is -2.41. The summed E-state index contributed by atoms with van der Waals surface area (Å²) in [7, 11) is 0. The van der Waals surface area contributed by atoms with Gasteiger partial charge >= 0.3 is 0 Å². The highest BCUT2D eigenvalue weighted by Gasteiger charge is 1.96. The monoisotopic (exact) mass is 231 g/mol. The Morgan fingerprint density at radius 3 is 2.44 bits per heavy atom. The van der Waals surface area contributed by atoms with Crippen LogP contribution in [0.5, 0.6) is 0 Å². The average Bonchev–Trinajstić information content (AvgIpc) is 2.46. The fraction of sp³-hybridized carbons (Fsp3) is 0. The van der Waals surface area contributed by atoms with Crippen molar-refractivity contribution >= 4 is 22.9 Å². The van der Waals surface area contributed by atoms with Crippen LogP contribution in [-0.2, 0) is 0 Å². The second-order valence-corrected chi connectivity index (χ2v) is 4.16. The maximum absolute atomic E-state index is 4.29. The van der Waals surface area contributed by atoms with E-state index >= 15 is 0 Å². The molecule has 2 aromatic carbocycles. The summed E-state index contributed by atoms with van der Waals surface area (Å²) < 4.78 is 0. The van der Waals surface area contributed by atoms with Crippen LogP contribution in [0.25, 0.3) is 22.9 Å². The largest absolute Gasteiger partial charge is 0.257 e. The van der Waals surface area contributed by atoms with Gasteiger partial charge < -0.3 is 0 Å². The molecular weight excluding hydrogens is 218 g/mol. The molecule has 0 saturated heterocycles. The smallest absolute Gasteiger partial charge is 0.0629 e. The van der Waals surface area contributed by atoms with E-state index in [9.17, 15) is 0 Å². The lowest BCUT2D eigenvalue weighted by molar-refractivity contribution is 1.30. The second kappa shape index (κ2) is 4.84. The molecule has 0 aliphatic heterocycles. The molecule has 1 heterocycles. The van der Waals surface area contributed by atoms with E-state index in [-0.39, 0.29) is 0 Å². The zero-order valence-corrected chi connectivity index (χ0v) is 9.95. The number of hydrogen-bond acceptors (Lipinski definition) is 1. The first kappa shape index (κ1) is 10.7. The summed E-state index contributed by atoms with van der Waals surface area (Å²) in [5.41, 5.74) is 2.20. The van der Waals surface area contributed by atoms with E-state index in [4.69, 9.17) is 0 Å². The van der Waals surface area contributed by atoms with Crippen LogP contribution in [-0.4, -0.2) is 4.98 Å². The van der Waals surface area contributed by atoms with Gasteiger partial charge in [-0.15, -0.1) is 0 Å². The van der Waals surface area contributed by atoms with Gasteiger partial charge in [-0.2, -0.15) is 0 Å². The lowest BCUT2D eigenvalue weighted by Crippen LogP contribution is -1.79. The van der Waals surface area contributed by atoms with Gasteiger partial charge in [-0.25, -0.2) is 0 Å². The number of aromatic nitrogens is 1. The summed E-state index contributed by atoms with van der Waals surface area (Å²) >= 11 is 0. The minimum atomic E-state index is 0.977. The average molecular weight is 231 g/mol. The number of benzene rings is 2. The van der Waals surface area contributed by atoms with Crippen LogP contribution in [0, 0.1) is 0 Å². The molecule has 3 rings (SSSR count). The van der Waals surface area contributed by atoms with E-state index in [1.54, 1.807) is 0 Å². The van der Waals surface area contributed by atoms with Gasteiger partial charge in [-0.1, -0.05) is 54.6 Å². The fourth-order valence-corrected chi connectivity index (χ4v) is 2.05. The van der Waals surface area contributed by atoms with Crippen molar-refractivity contribution in [3.05, 3.63) is 78.1 Å². The van der Waals surface area contributed by atoms with Gasteiger partial charge in [-0.3, -0.25) is 4.98 Å². The summed E-state index contributed by atoms with van der Waals surface area (Å²) in [6, 6.07) is 20.7. The highest BCUT2D eigenvalue weighted by Crippen LogP contribution is 2.20. The van der Waals surface area contributed by atoms with Crippen molar-refractivity contribution < 1.29 is 0 Å². The summed E-state index contributed by atoms with van der Waals surface area (Å²) in [5, 5.41) is 2.54. The van der Waals surface area contributed by atoms with E-state index in [2.05, 4.69) is 53.5 Å². The molecule has 1 nitrogen and oxygen atoms in total. The van der Waals surface area contributed by atoms with Crippen molar-refractivity contribution in [3.8, 4) is 0 Å². The standard InChI is InChI=1S/C17H13N/c1-2-10-17-14(6-1)7-5-8-15(17)11-12-16-9-3-4-13-18-16/h1-13H. The number of rotatable bonds is 2. The Morgan fingerprint density at radius 1 is 0.722 bits per heavy atom. The van der Waals surface area contributed by atoms with E-state index in [1.165, 1.54) is 16.3 Å². The van der Waals surface area contributed by atoms with Gasteiger partial charge in [0.25, 0.3) is 0 Å². The summed E-state index contributed by atoms with van der Waals surface area (Å²) in [6.45, 7) is 0. The molecule has 0 aliphatic carbocycles. The van der Waals surface area contributed by atoms with Crippen LogP contribution in [0.2, 0.25) is 0 Å². The molecule has 0 unspecified atom stereocenters. The van der Waals surface area contributed by atoms with Gasteiger partial charge in [-0.05, 0) is 34.5 Å². The fourth-order valence-electron chi connectivity index (χ4n) is 2.05. The zero-order valence-electron chi connectivity index (χ0n) is 9.95. The van der Waals surface area contributed by atoms with Crippen molar-refractivity contribution in [2.45, 2.75) is 0 Å². The molecule has 18 heavy (non-hydrogen) atoms. The van der Waals surface area contributed by atoms with Gasteiger partial charge in [0.05, 0.1) is 5.69 Å². The Kier molecular flexibility index (Phi) is 2.89. The second-order valence-electron chi connectivity index (χ2n) is 4.16. The molecule has 0 bridgehead atoms. The molecule has 0 spiro atoms. The predicted molar refractivity (Wildman–Crippen MR) is 77.1 cm³/mol. The summed E-state index contributed by atoms with van der Waals surface area (Å²) in [5.74, 6) is 0. The van der Waals surface area contributed by atoms with Crippen LogP contribution in [0.3, 0.4) is 0 Å². The Morgan fingerprint density at radius 2 is 1.56 bits per heavy atom. The molecule has 86 valence electrons. The maximum Gasteiger partial charge on any atom is 0.0629 e. The van der Waals surface area contributed by atoms with E-state index in [0.717, 1.165) is 5.69 Å². The van der Waals surface area contributed by atoms with Crippen LogP contribution in [0.4, 0.5) is 0 Å². The maximum atomic E-state index is 4.29. The first-order valence-electron chi connectivity index (χ1n) is 6.00. The summed E-state index contributed by atoms with van der Waals surface area (Å²) in [6.07, 6.45) is 5.97. The minimum Gasteiger partial charge on any atom is -0.257 e. The number of pyridine rings is 1. The Labute approximate surface area is 106 Å². The third-order valence-electron chi connectivity index (χ3n) is 2.94. The number of nitrogens with zero attached hydrogens (tertiary/aromatic N) is 1. The van der Waals surface area contributed by atoms with E-state index in [0.29, 0.717) is 0 Å². The molecule has 0 amide bonds. The van der Waals surface area contributed by atoms with Crippen molar-refractivity contribution in [1.29, 1.82) is 0 Å².